The van der Waals surface area contributed by atoms with Crippen LogP contribution >= 0.6 is 12.6 Å². The topological polar surface area (TPSA) is 161 Å². The minimum Gasteiger partial charge on any atom is -0.458 e. The summed E-state index contributed by atoms with van der Waals surface area (Å²) in [7, 11) is 1.48. The number of carbonyl (C=O) groups excluding carboxylic acids is 5. The largest absolute Gasteiger partial charge is 0.458 e. The SMILES string of the molecule is CN(C(=O)C1(NC(=O)[C@H](Cc2cn(C(c3ccccc3)(c3ccccc3)c3ccccc3)cn2)NC(=O)OCC2c3ccccc3-c3ccccc32)CC1)[C@@H](CS)C(=O)N[C@@H](Cc1ccccc1)C(=O)OC(C)(C)C. The maximum atomic E-state index is 14.9. The zero-order chi connectivity index (χ0) is 52.7. The molecule has 14 heteroatoms. The number of nitrogens with zero attached hydrogens (tertiary/aromatic N) is 3. The van der Waals surface area contributed by atoms with Gasteiger partial charge in [-0.1, -0.05) is 170 Å². The molecule has 0 bridgehead atoms. The lowest BCUT2D eigenvalue weighted by molar-refractivity contribution is -0.159. The fourth-order valence-corrected chi connectivity index (χ4v) is 10.6. The van der Waals surface area contributed by atoms with Gasteiger partial charge in [0.25, 0.3) is 0 Å². The molecule has 0 saturated heterocycles. The summed E-state index contributed by atoms with van der Waals surface area (Å²) in [5, 5.41) is 8.66. The van der Waals surface area contributed by atoms with E-state index in [0.29, 0.717) is 5.69 Å². The Balaban J connectivity index is 0.985. The molecule has 6 aromatic carbocycles. The van der Waals surface area contributed by atoms with E-state index in [2.05, 4.69) is 77.1 Å². The van der Waals surface area contributed by atoms with Crippen molar-refractivity contribution in [3.05, 3.63) is 221 Å². The van der Waals surface area contributed by atoms with Crippen LogP contribution in [0.4, 0.5) is 4.79 Å². The van der Waals surface area contributed by atoms with Crippen LogP contribution in [0.25, 0.3) is 11.1 Å². The van der Waals surface area contributed by atoms with E-state index in [4.69, 9.17) is 14.5 Å². The number of imidazole rings is 1. The molecular formula is C61H62N6O7S. The molecule has 3 N–H and O–H groups in total. The molecule has 75 heavy (non-hydrogen) atoms. The standard InChI is InChI=1S/C61H62N6O7S/c1-59(2,3)74-56(70)52(35-41-21-9-5-10-22-41)63-55(69)53(39-75)66(4)57(71)60(33-34-60)65-54(68)51(64-58(72)73-38-50-48-31-19-17-29-46(48)47-30-18-20-32-49(47)50)36-45-37-67(40-62-45)61(42-23-11-6-12-24-42,43-25-13-7-14-26-43)44-27-15-8-16-28-44/h5-32,37,40,50-53,75H,33-36,38-39H2,1-4H3,(H,63,69)(H,64,72)(H,65,68)/t51-,52-,53-/m0/s1. The first-order valence-corrected chi connectivity index (χ1v) is 25.9. The average molecular weight is 1020 g/mol. The molecule has 1 fully saturated rings. The maximum absolute atomic E-state index is 14.9. The van der Waals surface area contributed by atoms with Crippen molar-refractivity contribution in [3.8, 4) is 11.1 Å². The monoisotopic (exact) mass is 1020 g/mol. The minimum atomic E-state index is -1.40. The molecule has 0 unspecified atom stereocenters. The van der Waals surface area contributed by atoms with Gasteiger partial charge in [0.1, 0.15) is 41.4 Å². The number of hydrogen-bond donors (Lipinski definition) is 4. The second-order valence-corrected chi connectivity index (χ2v) is 20.6. The molecule has 1 heterocycles. The van der Waals surface area contributed by atoms with Crippen LogP contribution in [0.1, 0.15) is 78.6 Å². The first-order chi connectivity index (χ1) is 36.2. The van der Waals surface area contributed by atoms with E-state index in [9.17, 15) is 24.0 Å². The van der Waals surface area contributed by atoms with E-state index in [1.165, 1.54) is 11.9 Å². The van der Waals surface area contributed by atoms with Crippen LogP contribution in [0.15, 0.2) is 182 Å². The van der Waals surface area contributed by atoms with E-state index in [0.717, 1.165) is 44.5 Å². The lowest BCUT2D eigenvalue weighted by Gasteiger charge is -2.37. The van der Waals surface area contributed by atoms with Gasteiger partial charge in [-0.3, -0.25) is 14.4 Å². The molecule has 384 valence electrons. The fourth-order valence-electron chi connectivity index (χ4n) is 10.2. The second-order valence-electron chi connectivity index (χ2n) is 20.3. The highest BCUT2D eigenvalue weighted by atomic mass is 32.1. The van der Waals surface area contributed by atoms with E-state index in [1.54, 1.807) is 27.1 Å². The smallest absolute Gasteiger partial charge is 0.407 e. The highest BCUT2D eigenvalue weighted by molar-refractivity contribution is 7.80. The highest BCUT2D eigenvalue weighted by Gasteiger charge is 2.54. The van der Waals surface area contributed by atoms with Crippen molar-refractivity contribution in [1.29, 1.82) is 0 Å². The molecule has 1 saturated carbocycles. The number of benzene rings is 6. The summed E-state index contributed by atoms with van der Waals surface area (Å²) in [5.41, 5.74) is 5.31. The van der Waals surface area contributed by atoms with E-state index in [-0.39, 0.29) is 44.0 Å². The lowest BCUT2D eigenvalue weighted by Crippen LogP contribution is -2.60. The molecular weight excluding hydrogens is 961 g/mol. The fraction of sp³-hybridized carbons (Fsp3) is 0.279. The quantitative estimate of drug-likeness (QED) is 0.0356. The summed E-state index contributed by atoms with van der Waals surface area (Å²) in [6, 6.07) is 52.2. The molecule has 3 atom stereocenters. The molecule has 7 aromatic rings. The van der Waals surface area contributed by atoms with Gasteiger partial charge in [0.2, 0.25) is 17.7 Å². The van der Waals surface area contributed by atoms with Crippen LogP contribution < -0.4 is 16.0 Å². The predicted molar refractivity (Wildman–Crippen MR) is 291 cm³/mol. The third-order valence-corrected chi connectivity index (χ3v) is 14.4. The Bertz CT molecular complexity index is 3000. The number of amides is 4. The number of fused-ring (bicyclic) bond motifs is 3. The number of thiol groups is 1. The highest BCUT2D eigenvalue weighted by Crippen LogP contribution is 2.45. The van der Waals surface area contributed by atoms with Gasteiger partial charge in [0.15, 0.2) is 0 Å². The Kier molecular flexibility index (Phi) is 15.4. The molecule has 1 aromatic heterocycles. The Labute approximate surface area is 443 Å². The molecule has 4 amide bonds. The number of alkyl carbamates (subject to hydrolysis) is 1. The van der Waals surface area contributed by atoms with Crippen LogP contribution in [0, 0.1) is 0 Å². The molecule has 9 rings (SSSR count). The molecule has 13 nitrogen and oxygen atoms in total. The zero-order valence-electron chi connectivity index (χ0n) is 42.5. The van der Waals surface area contributed by atoms with Gasteiger partial charge >= 0.3 is 12.1 Å². The number of esters is 1. The predicted octanol–water partition coefficient (Wildman–Crippen LogP) is 8.65. The van der Waals surface area contributed by atoms with Crippen molar-refractivity contribution >= 4 is 42.4 Å². The van der Waals surface area contributed by atoms with E-state index < -0.39 is 64.6 Å². The summed E-state index contributed by atoms with van der Waals surface area (Å²) < 4.78 is 13.7. The van der Waals surface area contributed by atoms with E-state index >= 15 is 0 Å². The van der Waals surface area contributed by atoms with Crippen molar-refractivity contribution < 1.29 is 33.4 Å². The molecule has 2 aliphatic rings. The third-order valence-electron chi connectivity index (χ3n) is 14.0. The van der Waals surface area contributed by atoms with Gasteiger partial charge in [-0.25, -0.2) is 14.6 Å². The first kappa shape index (κ1) is 51.9. The summed E-state index contributed by atoms with van der Waals surface area (Å²) in [6.45, 7) is 5.25. The molecule has 0 radical (unpaired) electrons. The van der Waals surface area contributed by atoms with Crippen molar-refractivity contribution in [3.63, 3.8) is 0 Å². The third kappa shape index (κ3) is 11.3. The zero-order valence-corrected chi connectivity index (χ0v) is 43.4. The van der Waals surface area contributed by atoms with Crippen LogP contribution in [-0.4, -0.2) is 92.9 Å². The Morgan fingerprint density at radius 3 is 1.69 bits per heavy atom. The van der Waals surface area contributed by atoms with Gasteiger partial charge in [-0.05, 0) is 78.1 Å². The van der Waals surface area contributed by atoms with Crippen molar-refractivity contribution in [2.75, 3.05) is 19.4 Å². The number of ether oxygens (including phenoxy) is 2. The first-order valence-electron chi connectivity index (χ1n) is 25.3. The number of rotatable bonds is 19. The number of nitrogens with one attached hydrogen (secondary N) is 3. The van der Waals surface area contributed by atoms with Crippen molar-refractivity contribution in [1.82, 2.24) is 30.4 Å². The van der Waals surface area contributed by atoms with Crippen LogP contribution in [0.3, 0.4) is 0 Å². The number of carbonyl (C=O) groups is 5. The summed E-state index contributed by atoms with van der Waals surface area (Å²) in [5.74, 6) is -2.72. The number of hydrogen-bond acceptors (Lipinski definition) is 9. The van der Waals surface area contributed by atoms with E-state index in [1.807, 2.05) is 132 Å². The Morgan fingerprint density at radius 2 is 1.19 bits per heavy atom. The minimum absolute atomic E-state index is 0.0110. The summed E-state index contributed by atoms with van der Waals surface area (Å²) in [4.78, 5) is 77.3. The number of aromatic nitrogens is 2. The van der Waals surface area contributed by atoms with Gasteiger partial charge in [-0.2, -0.15) is 12.6 Å². The van der Waals surface area contributed by atoms with Gasteiger partial charge in [-0.15, -0.1) is 0 Å². The van der Waals surface area contributed by atoms with Gasteiger partial charge in [0.05, 0.1) is 12.0 Å². The van der Waals surface area contributed by atoms with Crippen LogP contribution in [0.2, 0.25) is 0 Å². The van der Waals surface area contributed by atoms with Gasteiger partial charge < -0.3 is 34.9 Å². The van der Waals surface area contributed by atoms with Crippen molar-refractivity contribution in [2.24, 2.45) is 0 Å². The normalized spacial score (nSPS) is 14.7. The number of likely N-dealkylation sites (N-methyl/N-ethyl adjacent to an activating group) is 1. The Hall–Kier alpha value is -7.97. The maximum Gasteiger partial charge on any atom is 0.407 e. The van der Waals surface area contributed by atoms with Gasteiger partial charge in [0, 0.05) is 37.8 Å². The average Bonchev–Trinajstić information content (AvgIpc) is 3.94. The molecule has 2 aliphatic carbocycles. The Morgan fingerprint density at radius 1 is 0.680 bits per heavy atom. The second kappa shape index (κ2) is 22.2. The molecule has 0 aliphatic heterocycles. The molecule has 0 spiro atoms. The van der Waals surface area contributed by atoms with Crippen LogP contribution in [-0.2, 0) is 47.0 Å². The van der Waals surface area contributed by atoms with Crippen LogP contribution in [0.5, 0.6) is 0 Å². The summed E-state index contributed by atoms with van der Waals surface area (Å²) in [6.07, 6.45) is 3.43. The lowest BCUT2D eigenvalue weighted by atomic mass is 9.77. The van der Waals surface area contributed by atoms with Crippen molar-refractivity contribution in [2.45, 2.75) is 87.2 Å². The summed E-state index contributed by atoms with van der Waals surface area (Å²) >= 11 is 4.49.